The zero-order valence-corrected chi connectivity index (χ0v) is 6.30. The number of nitrogens with two attached hydrogens (primary N) is 1. The number of hydrogen-bond donors (Lipinski definition) is 1. The third kappa shape index (κ3) is 1.53. The molecule has 0 aromatic carbocycles. The molecule has 1 aliphatic rings. The van der Waals surface area contributed by atoms with Crippen molar-refractivity contribution < 1.29 is 4.79 Å². The molecule has 0 fully saturated rings. The monoisotopic (exact) mass is 160 g/mol. The first-order valence-electron chi connectivity index (χ1n) is 2.40. The summed E-state index contributed by atoms with van der Waals surface area (Å²) in [6, 6.07) is 0. The molecule has 0 saturated heterocycles. The van der Waals surface area contributed by atoms with Crippen LogP contribution in [0.4, 0.5) is 0 Å². The van der Waals surface area contributed by atoms with Gasteiger partial charge in [-0.3, -0.25) is 4.79 Å². The summed E-state index contributed by atoms with van der Waals surface area (Å²) in [6.07, 6.45) is 1.54. The van der Waals surface area contributed by atoms with Gasteiger partial charge in [-0.2, -0.15) is 0 Å². The van der Waals surface area contributed by atoms with E-state index in [2.05, 4.69) is 0 Å². The Morgan fingerprint density at radius 2 is 2.56 bits per heavy atom. The van der Waals surface area contributed by atoms with E-state index in [1.165, 1.54) is 0 Å². The zero-order chi connectivity index (χ0) is 6.85. The highest BCUT2D eigenvalue weighted by Crippen LogP contribution is 2.07. The molecule has 0 bridgehead atoms. The van der Waals surface area contributed by atoms with Gasteiger partial charge in [0, 0.05) is 6.08 Å². The van der Waals surface area contributed by atoms with Crippen molar-refractivity contribution in [2.75, 3.05) is 5.75 Å². The van der Waals surface area contributed by atoms with Crippen LogP contribution in [0.5, 0.6) is 0 Å². The lowest BCUT2D eigenvalue weighted by molar-refractivity contribution is -0.112. The predicted molar refractivity (Wildman–Crippen MR) is 43.2 cm³/mol. The second-order valence-electron chi connectivity index (χ2n) is 1.66. The van der Waals surface area contributed by atoms with Crippen LogP contribution in [0.3, 0.4) is 0 Å². The first kappa shape index (κ1) is 6.77. The molecule has 48 valence electrons. The van der Waals surface area contributed by atoms with Gasteiger partial charge in [0.05, 0.1) is 10.9 Å². The molecular weight excluding hydrogens is 154 g/mol. The standard InChI is InChI=1S/C5H5NOS2/c6-5(8)9-2-1-4(7)3-9/h1-2H,3H2,(H-,6,8)/p+1. The summed E-state index contributed by atoms with van der Waals surface area (Å²) in [5.41, 5.74) is 5.30. The molecule has 0 amide bonds. The lowest BCUT2D eigenvalue weighted by atomic mass is 10.5. The highest BCUT2D eigenvalue weighted by atomic mass is 32.2. The van der Waals surface area contributed by atoms with Crippen LogP contribution in [-0.2, 0) is 15.7 Å². The van der Waals surface area contributed by atoms with E-state index in [-0.39, 0.29) is 16.7 Å². The molecule has 2 nitrogen and oxygen atoms in total. The van der Waals surface area contributed by atoms with Gasteiger partial charge in [0.25, 0.3) is 4.32 Å². The fourth-order valence-corrected chi connectivity index (χ4v) is 1.98. The Kier molecular flexibility index (Phi) is 1.87. The fourth-order valence-electron chi connectivity index (χ4n) is 0.546. The lowest BCUT2D eigenvalue weighted by Crippen LogP contribution is -2.21. The van der Waals surface area contributed by atoms with Gasteiger partial charge < -0.3 is 5.73 Å². The van der Waals surface area contributed by atoms with Gasteiger partial charge in [0.2, 0.25) is 5.78 Å². The van der Waals surface area contributed by atoms with Crippen molar-refractivity contribution in [1.29, 1.82) is 0 Å². The van der Waals surface area contributed by atoms with Crippen molar-refractivity contribution in [3.8, 4) is 0 Å². The van der Waals surface area contributed by atoms with Gasteiger partial charge in [-0.15, -0.1) is 0 Å². The van der Waals surface area contributed by atoms with Crippen molar-refractivity contribution >= 4 is 33.2 Å². The van der Waals surface area contributed by atoms with Gasteiger partial charge in [0.1, 0.15) is 5.41 Å². The second kappa shape index (κ2) is 2.49. The van der Waals surface area contributed by atoms with E-state index in [1.54, 1.807) is 11.5 Å². The van der Waals surface area contributed by atoms with Crippen LogP contribution in [-0.4, -0.2) is 15.9 Å². The molecule has 2 N–H and O–H groups in total. The minimum atomic E-state index is -0.230. The Morgan fingerprint density at radius 1 is 1.89 bits per heavy atom. The van der Waals surface area contributed by atoms with Crippen LogP contribution in [0, 0.1) is 0 Å². The molecule has 0 aromatic heterocycles. The quantitative estimate of drug-likeness (QED) is 0.399. The summed E-state index contributed by atoms with van der Waals surface area (Å²) in [5.74, 6) is 0.626. The van der Waals surface area contributed by atoms with Crippen molar-refractivity contribution in [2.45, 2.75) is 0 Å². The SMILES string of the molecule is NC(=S)[S+]1C=CC(=O)C1. The molecule has 1 aliphatic heterocycles. The maximum atomic E-state index is 10.6. The molecule has 1 atom stereocenters. The minimum Gasteiger partial charge on any atom is -0.350 e. The average Bonchev–Trinajstić information content (AvgIpc) is 2.14. The molecule has 0 spiro atoms. The van der Waals surface area contributed by atoms with E-state index >= 15 is 0 Å². The number of carbonyl (C=O) groups excluding carboxylic acids is 1. The summed E-state index contributed by atoms with van der Waals surface area (Å²) in [7, 11) is -0.230. The van der Waals surface area contributed by atoms with Gasteiger partial charge >= 0.3 is 0 Å². The van der Waals surface area contributed by atoms with E-state index < -0.39 is 0 Å². The molecule has 0 saturated carbocycles. The molecule has 0 aromatic rings. The van der Waals surface area contributed by atoms with E-state index in [1.807, 2.05) is 0 Å². The highest BCUT2D eigenvalue weighted by molar-refractivity contribution is 8.23. The van der Waals surface area contributed by atoms with Crippen molar-refractivity contribution in [3.63, 3.8) is 0 Å². The summed E-state index contributed by atoms with van der Waals surface area (Å²) in [4.78, 5) is 10.6. The van der Waals surface area contributed by atoms with Crippen molar-refractivity contribution in [2.24, 2.45) is 5.73 Å². The zero-order valence-electron chi connectivity index (χ0n) is 4.66. The topological polar surface area (TPSA) is 43.1 Å². The average molecular weight is 160 g/mol. The van der Waals surface area contributed by atoms with Gasteiger partial charge in [-0.05, 0) is 12.2 Å². The van der Waals surface area contributed by atoms with Crippen molar-refractivity contribution in [1.82, 2.24) is 0 Å². The highest BCUT2D eigenvalue weighted by Gasteiger charge is 2.28. The van der Waals surface area contributed by atoms with E-state index in [0.717, 1.165) is 0 Å². The van der Waals surface area contributed by atoms with Crippen LogP contribution in [0.1, 0.15) is 0 Å². The molecule has 9 heavy (non-hydrogen) atoms. The number of rotatable bonds is 0. The number of thiocarbonyl (C=S) groups is 1. The van der Waals surface area contributed by atoms with Crippen LogP contribution < -0.4 is 5.73 Å². The summed E-state index contributed by atoms with van der Waals surface area (Å²) in [5, 5.41) is 1.78. The Bertz CT molecular complexity index is 187. The maximum absolute atomic E-state index is 10.6. The summed E-state index contributed by atoms with van der Waals surface area (Å²) in [6.45, 7) is 0. The number of hydrogen-bond acceptors (Lipinski definition) is 2. The normalized spacial score (nSPS) is 24.9. The van der Waals surface area contributed by atoms with E-state index in [0.29, 0.717) is 10.1 Å². The largest absolute Gasteiger partial charge is 0.350 e. The molecule has 1 unspecified atom stereocenters. The van der Waals surface area contributed by atoms with Crippen LogP contribution in [0.15, 0.2) is 11.5 Å². The summed E-state index contributed by atoms with van der Waals surface area (Å²) >= 11 is 4.69. The summed E-state index contributed by atoms with van der Waals surface area (Å²) < 4.78 is 0.442. The van der Waals surface area contributed by atoms with Gasteiger partial charge in [0.15, 0.2) is 5.75 Å². The fraction of sp³-hybridized carbons (Fsp3) is 0.200. The molecule has 0 radical (unpaired) electrons. The van der Waals surface area contributed by atoms with Gasteiger partial charge in [-0.1, -0.05) is 0 Å². The first-order valence-corrected chi connectivity index (χ1v) is 4.27. The Morgan fingerprint density at radius 3 is 2.78 bits per heavy atom. The van der Waals surface area contributed by atoms with E-state index in [4.69, 9.17) is 18.0 Å². The Hall–Kier alpha value is -0.350. The smallest absolute Gasteiger partial charge is 0.290 e. The first-order chi connectivity index (χ1) is 4.20. The van der Waals surface area contributed by atoms with Crippen LogP contribution >= 0.6 is 12.2 Å². The number of carbonyl (C=O) groups is 1. The molecule has 4 heteroatoms. The van der Waals surface area contributed by atoms with E-state index in [9.17, 15) is 4.79 Å². The Labute approximate surface area is 61.5 Å². The van der Waals surface area contributed by atoms with Crippen LogP contribution in [0.2, 0.25) is 0 Å². The third-order valence-corrected chi connectivity index (χ3v) is 3.19. The van der Waals surface area contributed by atoms with Gasteiger partial charge in [-0.25, -0.2) is 0 Å². The number of allylic oxidation sites excluding steroid dienone is 1. The van der Waals surface area contributed by atoms with Crippen molar-refractivity contribution in [3.05, 3.63) is 11.5 Å². The number of ketones is 1. The third-order valence-electron chi connectivity index (χ3n) is 0.974. The minimum absolute atomic E-state index is 0.131. The molecule has 1 rings (SSSR count). The molecular formula is C5H6NOS2+. The lowest BCUT2D eigenvalue weighted by Gasteiger charge is -1.88. The predicted octanol–water partition coefficient (Wildman–Crippen LogP) is -0.0553. The molecule has 0 aliphatic carbocycles. The maximum Gasteiger partial charge on any atom is 0.290 e. The molecule has 1 heterocycles. The second-order valence-corrected chi connectivity index (χ2v) is 4.22. The Balaban J connectivity index is 2.60. The van der Waals surface area contributed by atoms with Crippen LogP contribution in [0.25, 0.3) is 0 Å².